The zero-order valence-corrected chi connectivity index (χ0v) is 3.77. The van der Waals surface area contributed by atoms with Crippen LogP contribution in [0.15, 0.2) is 12.4 Å². The molecule has 6 heavy (non-hydrogen) atoms. The lowest BCUT2D eigenvalue weighted by atomic mass is 11.0. The smallest absolute Gasteiger partial charge is 0.117 e. The van der Waals surface area contributed by atoms with E-state index in [0.29, 0.717) is 0 Å². The summed E-state index contributed by atoms with van der Waals surface area (Å²) in [6.07, 6.45) is 3.25. The van der Waals surface area contributed by atoms with Gasteiger partial charge in [-0.1, -0.05) is 0 Å². The molecule has 0 radical (unpaired) electrons. The first-order valence-corrected chi connectivity index (χ1v) is 1.85. The Kier molecular flexibility index (Phi) is 0.719. The molecule has 0 aliphatic carbocycles. The number of nitrogens with one attached hydrogen (secondary N) is 1. The van der Waals surface area contributed by atoms with E-state index in [1.54, 1.807) is 12.4 Å². The Labute approximate surface area is 40.5 Å². The number of hydrogen-bond donors (Lipinski definition) is 1. The van der Waals surface area contributed by atoms with Crippen molar-refractivity contribution in [2.75, 3.05) is 0 Å². The fourth-order valence-corrected chi connectivity index (χ4v) is 0.340. The molecule has 0 aliphatic heterocycles. The van der Waals surface area contributed by atoms with Crippen LogP contribution in [0.5, 0.6) is 0 Å². The summed E-state index contributed by atoms with van der Waals surface area (Å²) >= 11 is 4.50. The van der Waals surface area contributed by atoms with Crippen LogP contribution in [0.4, 0.5) is 0 Å². The van der Waals surface area contributed by atoms with Crippen molar-refractivity contribution < 1.29 is 4.20 Å². The Morgan fingerprint density at radius 1 is 1.83 bits per heavy atom. The predicted octanol–water partition coefficient (Wildman–Crippen LogP) is -0.993. The molecule has 4 heteroatoms. The molecule has 1 heterocycles. The quantitative estimate of drug-likeness (QED) is 0.336. The lowest BCUT2D eigenvalue weighted by Gasteiger charge is -1.76. The van der Waals surface area contributed by atoms with Gasteiger partial charge >= 0.3 is 0 Å². The molecule has 1 aromatic rings. The zero-order valence-electron chi connectivity index (χ0n) is 2.96. The van der Waals surface area contributed by atoms with Gasteiger partial charge in [-0.15, -0.1) is 4.20 Å². The van der Waals surface area contributed by atoms with E-state index in [-0.39, 0.29) is 0 Å². The van der Waals surface area contributed by atoms with Gasteiger partial charge < -0.3 is 12.8 Å². The number of aromatic nitrogens is 3. The third-order valence-electron chi connectivity index (χ3n) is 0.431. The minimum atomic E-state index is 1.21. The molecule has 32 valence electrons. The molecule has 0 aliphatic rings. The highest BCUT2D eigenvalue weighted by Crippen LogP contribution is 1.54. The maximum atomic E-state index is 4.50. The van der Waals surface area contributed by atoms with E-state index in [1.807, 2.05) is 0 Å². The molecule has 0 fully saturated rings. The molecule has 3 nitrogen and oxygen atoms in total. The van der Waals surface area contributed by atoms with Crippen molar-refractivity contribution in [3.8, 4) is 0 Å². The van der Waals surface area contributed by atoms with Crippen LogP contribution in [-0.2, 0) is 12.8 Å². The lowest BCUT2D eigenvalue weighted by molar-refractivity contribution is -0.621. The van der Waals surface area contributed by atoms with E-state index in [2.05, 4.69) is 23.0 Å². The zero-order chi connectivity index (χ0) is 4.41. The molecule has 1 rings (SSSR count). The first-order chi connectivity index (χ1) is 2.89. The van der Waals surface area contributed by atoms with Crippen molar-refractivity contribution in [1.82, 2.24) is 10.2 Å². The minimum absolute atomic E-state index is 1.21. The number of H-pyrrole nitrogens is 1. The van der Waals surface area contributed by atoms with Gasteiger partial charge in [-0.3, -0.25) is 0 Å². The average Bonchev–Trinajstić information content (AvgIpc) is 1.86. The average molecular weight is 101 g/mol. The second-order valence-electron chi connectivity index (χ2n) is 0.833. The fourth-order valence-electron chi connectivity index (χ4n) is 0.224. The molecular formula is C2H3N3S. The minimum Gasteiger partial charge on any atom is -0.361 e. The Balaban J connectivity index is 3.05. The van der Waals surface area contributed by atoms with Gasteiger partial charge in [-0.2, -0.15) is 5.10 Å². The van der Waals surface area contributed by atoms with Crippen LogP contribution in [0.3, 0.4) is 0 Å². The standard InChI is InChI=1S/C2H3N3S/c6-5-3-1-2-4-5/h1-2H,(H,3,4). The topological polar surface area (TPSA) is 32.6 Å². The summed E-state index contributed by atoms with van der Waals surface area (Å²) in [5.41, 5.74) is 0. The van der Waals surface area contributed by atoms with E-state index >= 15 is 0 Å². The number of hydrogen-bond acceptors (Lipinski definition) is 2. The highest BCUT2D eigenvalue weighted by atomic mass is 32.1. The largest absolute Gasteiger partial charge is 0.361 e. The SMILES string of the molecule is [S-][n+]1ncc[nH]1. The third kappa shape index (κ3) is 0.463. The van der Waals surface area contributed by atoms with Crippen LogP contribution in [0.1, 0.15) is 0 Å². The van der Waals surface area contributed by atoms with Gasteiger partial charge in [0.15, 0.2) is 0 Å². The second kappa shape index (κ2) is 1.22. The van der Waals surface area contributed by atoms with Crippen molar-refractivity contribution in [2.24, 2.45) is 0 Å². The number of rotatable bonds is 0. The van der Waals surface area contributed by atoms with Crippen LogP contribution in [-0.4, -0.2) is 10.2 Å². The summed E-state index contributed by atoms with van der Waals surface area (Å²) in [7, 11) is 0. The van der Waals surface area contributed by atoms with Crippen LogP contribution >= 0.6 is 0 Å². The van der Waals surface area contributed by atoms with Crippen molar-refractivity contribution in [2.45, 2.75) is 0 Å². The fraction of sp³-hybridized carbons (Fsp3) is 0. The van der Waals surface area contributed by atoms with Crippen LogP contribution in [0, 0.1) is 0 Å². The first kappa shape index (κ1) is 3.55. The normalized spacial score (nSPS) is 8.67. The third-order valence-corrected chi connectivity index (χ3v) is 0.631. The van der Waals surface area contributed by atoms with Gasteiger partial charge in [0.1, 0.15) is 6.20 Å². The van der Waals surface area contributed by atoms with E-state index in [4.69, 9.17) is 0 Å². The molecule has 0 spiro atoms. The monoisotopic (exact) mass is 101 g/mol. The summed E-state index contributed by atoms with van der Waals surface area (Å²) in [6, 6.07) is 0. The van der Waals surface area contributed by atoms with E-state index in [9.17, 15) is 0 Å². The van der Waals surface area contributed by atoms with Gasteiger partial charge in [0.05, 0.1) is 6.20 Å². The molecule has 0 aromatic carbocycles. The van der Waals surface area contributed by atoms with Crippen LogP contribution in [0.25, 0.3) is 0 Å². The molecule has 0 atom stereocenters. The molecule has 0 saturated carbocycles. The van der Waals surface area contributed by atoms with Crippen LogP contribution in [0.2, 0.25) is 0 Å². The summed E-state index contributed by atoms with van der Waals surface area (Å²) in [4.78, 5) is 0. The van der Waals surface area contributed by atoms with Gasteiger partial charge in [-0.25, -0.2) is 0 Å². The predicted molar refractivity (Wildman–Crippen MR) is 21.5 cm³/mol. The van der Waals surface area contributed by atoms with Crippen molar-refractivity contribution in [1.29, 1.82) is 0 Å². The summed E-state index contributed by atoms with van der Waals surface area (Å²) < 4.78 is 1.21. The lowest BCUT2D eigenvalue weighted by Crippen LogP contribution is -2.30. The molecule has 0 saturated heterocycles. The van der Waals surface area contributed by atoms with E-state index in [1.165, 1.54) is 4.20 Å². The maximum absolute atomic E-state index is 4.50. The Morgan fingerprint density at radius 2 is 2.67 bits per heavy atom. The highest BCUT2D eigenvalue weighted by Gasteiger charge is 1.73. The van der Waals surface area contributed by atoms with Crippen molar-refractivity contribution >= 4 is 12.8 Å². The summed E-state index contributed by atoms with van der Waals surface area (Å²) in [5.74, 6) is 0. The van der Waals surface area contributed by atoms with Gasteiger partial charge in [0.2, 0.25) is 0 Å². The van der Waals surface area contributed by atoms with Gasteiger partial charge in [0.25, 0.3) is 0 Å². The highest BCUT2D eigenvalue weighted by molar-refractivity contribution is 7.50. The molecular weight excluding hydrogens is 98.1 g/mol. The summed E-state index contributed by atoms with van der Waals surface area (Å²) in [6.45, 7) is 0. The van der Waals surface area contributed by atoms with Gasteiger partial charge in [-0.05, 0) is 0 Å². The van der Waals surface area contributed by atoms with Gasteiger partial charge in [0, 0.05) is 5.10 Å². The molecule has 0 amide bonds. The number of nitrogens with zero attached hydrogens (tertiary/aromatic N) is 2. The second-order valence-corrected chi connectivity index (χ2v) is 1.18. The van der Waals surface area contributed by atoms with Crippen LogP contribution < -0.4 is 4.20 Å². The van der Waals surface area contributed by atoms with E-state index in [0.717, 1.165) is 0 Å². The van der Waals surface area contributed by atoms with Crippen molar-refractivity contribution in [3.05, 3.63) is 12.4 Å². The molecule has 0 bridgehead atoms. The molecule has 1 N–H and O–H groups in total. The summed E-state index contributed by atoms with van der Waals surface area (Å²) in [5, 5.41) is 6.21. The molecule has 0 unspecified atom stereocenters. The molecule has 1 aromatic heterocycles. The van der Waals surface area contributed by atoms with E-state index < -0.39 is 0 Å². The Bertz CT molecular complexity index is 112. The maximum Gasteiger partial charge on any atom is 0.117 e. The first-order valence-electron chi connectivity index (χ1n) is 1.49. The Hall–Kier alpha value is -0.640. The Morgan fingerprint density at radius 3 is 2.83 bits per heavy atom. The number of aromatic amines is 1. The van der Waals surface area contributed by atoms with Crippen molar-refractivity contribution in [3.63, 3.8) is 0 Å².